The number of hydrogen-bond acceptors (Lipinski definition) is 4. The Labute approximate surface area is 148 Å². The van der Waals surface area contributed by atoms with Gasteiger partial charge in [0.15, 0.2) is 5.65 Å². The number of nitrogens with zero attached hydrogens (tertiary/aromatic N) is 4. The fraction of sp³-hybridized carbons (Fsp3) is 0.632. The van der Waals surface area contributed by atoms with Crippen LogP contribution in [0.3, 0.4) is 0 Å². The maximum atomic E-state index is 12.7. The first kappa shape index (κ1) is 17.9. The summed E-state index contributed by atoms with van der Waals surface area (Å²) in [6.07, 6.45) is 3.49. The van der Waals surface area contributed by atoms with Crippen molar-refractivity contribution in [1.29, 1.82) is 0 Å². The number of aliphatic hydroxyl groups excluding tert-OH is 1. The van der Waals surface area contributed by atoms with Gasteiger partial charge in [-0.05, 0) is 58.9 Å². The predicted octanol–water partition coefficient (Wildman–Crippen LogP) is 2.35. The van der Waals surface area contributed by atoms with Crippen LogP contribution in [0.25, 0.3) is 5.65 Å². The van der Waals surface area contributed by atoms with Gasteiger partial charge in [0, 0.05) is 36.5 Å². The summed E-state index contributed by atoms with van der Waals surface area (Å²) in [5.74, 6) is 0.179. The first-order chi connectivity index (χ1) is 11.9. The zero-order chi connectivity index (χ0) is 18.1. The Kier molecular flexibility index (Phi) is 5.08. The lowest BCUT2D eigenvalue weighted by molar-refractivity contribution is -0.132. The highest BCUT2D eigenvalue weighted by molar-refractivity contribution is 5.77. The summed E-state index contributed by atoms with van der Waals surface area (Å²) in [6.45, 7) is 8.61. The van der Waals surface area contributed by atoms with Gasteiger partial charge in [-0.15, -0.1) is 0 Å². The highest BCUT2D eigenvalue weighted by Crippen LogP contribution is 2.23. The number of aromatic nitrogens is 3. The minimum atomic E-state index is -0.363. The van der Waals surface area contributed by atoms with E-state index in [-0.39, 0.29) is 18.1 Å². The molecule has 0 radical (unpaired) electrons. The van der Waals surface area contributed by atoms with Gasteiger partial charge in [-0.2, -0.15) is 5.10 Å². The van der Waals surface area contributed by atoms with E-state index in [0.717, 1.165) is 47.7 Å². The topological polar surface area (TPSA) is 70.7 Å². The Hall–Kier alpha value is -1.95. The van der Waals surface area contributed by atoms with Gasteiger partial charge >= 0.3 is 0 Å². The van der Waals surface area contributed by atoms with Crippen LogP contribution in [-0.2, 0) is 11.2 Å². The van der Waals surface area contributed by atoms with Crippen molar-refractivity contribution in [3.8, 4) is 0 Å². The first-order valence-corrected chi connectivity index (χ1v) is 9.16. The molecule has 6 heteroatoms. The number of carbonyl (C=O) groups excluding carboxylic acids is 1. The van der Waals surface area contributed by atoms with Crippen molar-refractivity contribution in [1.82, 2.24) is 19.5 Å². The molecule has 6 nitrogen and oxygen atoms in total. The van der Waals surface area contributed by atoms with Crippen LogP contribution in [0.5, 0.6) is 0 Å². The molecular formula is C19H28N4O2. The molecule has 3 rings (SSSR count). The molecule has 1 aliphatic heterocycles. The van der Waals surface area contributed by atoms with E-state index in [2.05, 4.69) is 10.1 Å². The third-order valence-corrected chi connectivity index (χ3v) is 5.19. The van der Waals surface area contributed by atoms with Crippen LogP contribution < -0.4 is 0 Å². The second-order valence-corrected chi connectivity index (χ2v) is 7.28. The molecule has 136 valence electrons. The molecular weight excluding hydrogens is 316 g/mol. The summed E-state index contributed by atoms with van der Waals surface area (Å²) in [6, 6.07) is 2.16. The zero-order valence-electron chi connectivity index (χ0n) is 15.6. The number of aryl methyl sites for hydroxylation is 3. The molecule has 3 heterocycles. The molecule has 2 aromatic heterocycles. The average Bonchev–Trinajstić information content (AvgIpc) is 3.12. The highest BCUT2D eigenvalue weighted by Gasteiger charge is 2.29. The standard InChI is InChI=1S/C19H28N4O2/c1-12-10-18-20-14(3)17(15(4)23(18)21-12)7-8-19(25)22-9-5-6-16(22)11-13(2)24/h10,13,16,24H,5-9,11H2,1-4H3. The molecule has 0 spiro atoms. The fourth-order valence-corrected chi connectivity index (χ4v) is 3.98. The number of likely N-dealkylation sites (tertiary alicyclic amines) is 1. The zero-order valence-corrected chi connectivity index (χ0v) is 15.6. The molecule has 2 atom stereocenters. The van der Waals surface area contributed by atoms with Crippen LogP contribution >= 0.6 is 0 Å². The number of aliphatic hydroxyl groups is 1. The Morgan fingerprint density at radius 2 is 2.16 bits per heavy atom. The predicted molar refractivity (Wildman–Crippen MR) is 96.6 cm³/mol. The van der Waals surface area contributed by atoms with E-state index in [1.54, 1.807) is 6.92 Å². The van der Waals surface area contributed by atoms with E-state index in [1.165, 1.54) is 0 Å². The van der Waals surface area contributed by atoms with Crippen molar-refractivity contribution in [2.45, 2.75) is 71.9 Å². The average molecular weight is 344 g/mol. The highest BCUT2D eigenvalue weighted by atomic mass is 16.3. The minimum absolute atomic E-state index is 0.179. The normalized spacial score (nSPS) is 18.9. The molecule has 1 fully saturated rings. The lowest BCUT2D eigenvalue weighted by Crippen LogP contribution is -2.37. The molecule has 1 N–H and O–H groups in total. The van der Waals surface area contributed by atoms with Gasteiger partial charge in [0.05, 0.1) is 11.8 Å². The van der Waals surface area contributed by atoms with Gasteiger partial charge in [0.25, 0.3) is 0 Å². The Balaban J connectivity index is 1.73. The number of fused-ring (bicyclic) bond motifs is 1. The van der Waals surface area contributed by atoms with Gasteiger partial charge in [0.1, 0.15) is 0 Å². The molecule has 2 unspecified atom stereocenters. The third-order valence-electron chi connectivity index (χ3n) is 5.19. The van der Waals surface area contributed by atoms with E-state index < -0.39 is 0 Å². The fourth-order valence-electron chi connectivity index (χ4n) is 3.98. The van der Waals surface area contributed by atoms with Gasteiger partial charge in [-0.1, -0.05) is 0 Å². The largest absolute Gasteiger partial charge is 0.393 e. The second kappa shape index (κ2) is 7.12. The smallest absolute Gasteiger partial charge is 0.223 e. The Morgan fingerprint density at radius 1 is 1.40 bits per heavy atom. The summed E-state index contributed by atoms with van der Waals surface area (Å²) < 4.78 is 1.87. The molecule has 1 saturated heterocycles. The first-order valence-electron chi connectivity index (χ1n) is 9.16. The van der Waals surface area contributed by atoms with Crippen LogP contribution in [-0.4, -0.2) is 49.2 Å². The number of amides is 1. The van der Waals surface area contributed by atoms with Gasteiger partial charge in [-0.25, -0.2) is 9.50 Å². The molecule has 1 aliphatic rings. The van der Waals surface area contributed by atoms with Crippen molar-refractivity contribution >= 4 is 11.6 Å². The summed E-state index contributed by atoms with van der Waals surface area (Å²) in [5.41, 5.74) is 4.95. The van der Waals surface area contributed by atoms with Crippen LogP contribution in [0.2, 0.25) is 0 Å². The van der Waals surface area contributed by atoms with Crippen LogP contribution in [0.1, 0.15) is 55.3 Å². The van der Waals surface area contributed by atoms with Crippen molar-refractivity contribution in [2.24, 2.45) is 0 Å². The lowest BCUT2D eigenvalue weighted by atomic mass is 10.0. The lowest BCUT2D eigenvalue weighted by Gasteiger charge is -2.26. The molecule has 25 heavy (non-hydrogen) atoms. The molecule has 1 amide bonds. The molecule has 2 aromatic rings. The second-order valence-electron chi connectivity index (χ2n) is 7.28. The van der Waals surface area contributed by atoms with E-state index >= 15 is 0 Å². The maximum absolute atomic E-state index is 12.7. The van der Waals surface area contributed by atoms with Crippen LogP contribution in [0.15, 0.2) is 6.07 Å². The van der Waals surface area contributed by atoms with Crippen molar-refractivity contribution in [3.05, 3.63) is 28.7 Å². The molecule has 0 bridgehead atoms. The van der Waals surface area contributed by atoms with E-state index in [0.29, 0.717) is 19.3 Å². The summed E-state index contributed by atoms with van der Waals surface area (Å²) in [7, 11) is 0. The molecule has 0 aliphatic carbocycles. The Morgan fingerprint density at radius 3 is 2.88 bits per heavy atom. The maximum Gasteiger partial charge on any atom is 0.223 e. The van der Waals surface area contributed by atoms with E-state index in [9.17, 15) is 9.90 Å². The quantitative estimate of drug-likeness (QED) is 0.904. The number of hydrogen-bond donors (Lipinski definition) is 1. The third kappa shape index (κ3) is 3.68. The summed E-state index contributed by atoms with van der Waals surface area (Å²) >= 11 is 0. The monoisotopic (exact) mass is 344 g/mol. The summed E-state index contributed by atoms with van der Waals surface area (Å²) in [4.78, 5) is 19.3. The number of carbonyl (C=O) groups is 1. The Bertz CT molecular complexity index is 781. The minimum Gasteiger partial charge on any atom is -0.393 e. The SMILES string of the molecule is Cc1cc2nc(C)c(CCC(=O)N3CCCC3CC(C)O)c(C)n2n1. The molecule has 0 aromatic carbocycles. The van der Waals surface area contributed by atoms with E-state index in [4.69, 9.17) is 0 Å². The number of rotatable bonds is 5. The summed E-state index contributed by atoms with van der Waals surface area (Å²) in [5, 5.41) is 14.1. The molecule has 0 saturated carbocycles. The van der Waals surface area contributed by atoms with Gasteiger partial charge in [-0.3, -0.25) is 4.79 Å². The van der Waals surface area contributed by atoms with Crippen molar-refractivity contribution < 1.29 is 9.90 Å². The van der Waals surface area contributed by atoms with Crippen LogP contribution in [0, 0.1) is 20.8 Å². The van der Waals surface area contributed by atoms with Crippen molar-refractivity contribution in [3.63, 3.8) is 0 Å². The van der Waals surface area contributed by atoms with Crippen molar-refractivity contribution in [2.75, 3.05) is 6.54 Å². The van der Waals surface area contributed by atoms with Crippen LogP contribution in [0.4, 0.5) is 0 Å². The van der Waals surface area contributed by atoms with Gasteiger partial charge < -0.3 is 10.0 Å². The van der Waals surface area contributed by atoms with Gasteiger partial charge in [0.2, 0.25) is 5.91 Å². The van der Waals surface area contributed by atoms with E-state index in [1.807, 2.05) is 36.3 Å².